The van der Waals surface area contributed by atoms with Crippen LogP contribution in [0.3, 0.4) is 0 Å². The average molecular weight is 956 g/mol. The zero-order valence-corrected chi connectivity index (χ0v) is 40.9. The second-order valence-electron chi connectivity index (χ2n) is 19.7. The Balaban J connectivity index is 0.0000101. The Morgan fingerprint density at radius 2 is 1.65 bits per heavy atom. The Labute approximate surface area is 403 Å². The van der Waals surface area contributed by atoms with Crippen LogP contribution in [0.4, 0.5) is 0 Å². The smallest absolute Gasteiger partial charge is 0.329 e. The van der Waals surface area contributed by atoms with Crippen molar-refractivity contribution in [2.45, 2.75) is 187 Å². The minimum absolute atomic E-state index is 0. The number of esters is 1. The highest BCUT2D eigenvalue weighted by Crippen LogP contribution is 2.39. The molecule has 1 aliphatic carbocycles. The van der Waals surface area contributed by atoms with Gasteiger partial charge in [0.25, 0.3) is 11.7 Å². The average Bonchev–Trinajstić information content (AvgIpc) is 3.31. The van der Waals surface area contributed by atoms with Crippen molar-refractivity contribution in [3.05, 3.63) is 53.4 Å². The van der Waals surface area contributed by atoms with Crippen molar-refractivity contribution >= 4 is 29.4 Å². The van der Waals surface area contributed by atoms with Gasteiger partial charge < -0.3 is 49.2 Å². The fourth-order valence-corrected chi connectivity index (χ4v) is 10.6. The van der Waals surface area contributed by atoms with Crippen LogP contribution in [0.25, 0.3) is 0 Å². The Hall–Kier alpha value is -3.90. The van der Waals surface area contributed by atoms with E-state index in [0.717, 1.165) is 11.3 Å². The summed E-state index contributed by atoms with van der Waals surface area (Å²) in [5.74, 6) is -8.41. The molecule has 382 valence electrons. The summed E-state index contributed by atoms with van der Waals surface area (Å²) < 4.78 is 30.0. The number of nitrogens with zero attached hydrogens (tertiary/aromatic N) is 2. The maximum atomic E-state index is 14.5. The molecule has 2 saturated heterocycles. The number of cyclic esters (lactones) is 1. The van der Waals surface area contributed by atoms with Crippen molar-refractivity contribution in [2.24, 2.45) is 29.6 Å². The molecule has 3 aliphatic heterocycles. The van der Waals surface area contributed by atoms with E-state index in [9.17, 15) is 39.3 Å². The minimum atomic E-state index is -2.55. The van der Waals surface area contributed by atoms with Gasteiger partial charge in [0.05, 0.1) is 42.8 Å². The third-order valence-electron chi connectivity index (χ3n) is 14.6. The van der Waals surface area contributed by atoms with Crippen molar-refractivity contribution in [3.63, 3.8) is 0 Å². The summed E-state index contributed by atoms with van der Waals surface area (Å²) in [7, 11) is 4.58. The number of aliphatic hydroxyl groups is 3. The number of hydrogen-bond acceptors (Lipinski definition) is 14. The lowest BCUT2D eigenvalue weighted by atomic mass is 9.81. The molecule has 1 aromatic heterocycles. The van der Waals surface area contributed by atoms with Gasteiger partial charge in [0.15, 0.2) is 0 Å². The summed E-state index contributed by atoms with van der Waals surface area (Å²) in [5, 5.41) is 37.5. The van der Waals surface area contributed by atoms with Gasteiger partial charge in [-0.3, -0.25) is 24.2 Å². The minimum Gasteiger partial charge on any atom is -0.456 e. The van der Waals surface area contributed by atoms with Gasteiger partial charge in [-0.15, -0.1) is 0 Å². The molecule has 4 N–H and O–H groups in total. The van der Waals surface area contributed by atoms with Gasteiger partial charge >= 0.3 is 5.97 Å². The molecule has 16 nitrogen and oxygen atoms in total. The normalized spacial score (nSPS) is 36.0. The molecular formula is C52H81N3O13. The highest BCUT2D eigenvalue weighted by Gasteiger charge is 2.56. The van der Waals surface area contributed by atoms with E-state index in [0.29, 0.717) is 63.4 Å². The van der Waals surface area contributed by atoms with Gasteiger partial charge in [-0.1, -0.05) is 52.0 Å². The first-order valence-electron chi connectivity index (χ1n) is 24.4. The maximum Gasteiger partial charge on any atom is 0.329 e. The molecule has 68 heavy (non-hydrogen) atoms. The standard InChI is InChI=1S/C51H77N3O13.CH4/c1-30-22-31(2)24-43(64-7)47-44(65-8)26-33(4)51(62,67-47)48(59)49(60)54-21-12-10-16-38(54)50(61)66-46(32(3)25-35-18-19-39(55)42(27-35)63-6)34(5)40(56)28-41(57)36(23-30)14-13-17-45(58)53-29-37-15-9-11-20-52-37;/h9,11,15,20,23,25,31,33-36,38-40,42-44,46-47,55-56,62H,10,12-14,16-19,21-22,24,26-29H2,1-8H3,(H,53,58);1H4/b30-23+,32-25+;/t31-,33+,34+,35-,36+,38-,39+,40-,42+,43-,44-,46+,47+,51+;/m0./s1. The van der Waals surface area contributed by atoms with E-state index in [1.807, 2.05) is 38.1 Å². The van der Waals surface area contributed by atoms with Crippen molar-refractivity contribution in [1.29, 1.82) is 0 Å². The van der Waals surface area contributed by atoms with Crippen LogP contribution < -0.4 is 5.32 Å². The zero-order valence-electron chi connectivity index (χ0n) is 40.9. The molecule has 1 saturated carbocycles. The lowest BCUT2D eigenvalue weighted by Crippen LogP contribution is -2.64. The number of nitrogens with one attached hydrogen (secondary N) is 1. The quantitative estimate of drug-likeness (QED) is 0.121. The van der Waals surface area contributed by atoms with Crippen LogP contribution in [0.5, 0.6) is 0 Å². The number of pyridine rings is 1. The summed E-state index contributed by atoms with van der Waals surface area (Å²) in [6.07, 6.45) is 4.74. The highest BCUT2D eigenvalue weighted by atomic mass is 16.7. The predicted molar refractivity (Wildman–Crippen MR) is 254 cm³/mol. The number of carbonyl (C=O) groups excluding carboxylic acids is 5. The number of Topliss-reactive ketones (excluding diaryl/α,β-unsaturated/α-hetero) is 2. The Morgan fingerprint density at radius 1 is 0.941 bits per heavy atom. The number of hydrogen-bond donors (Lipinski definition) is 4. The van der Waals surface area contributed by atoms with Crippen LogP contribution in [0, 0.1) is 29.6 Å². The van der Waals surface area contributed by atoms with Crippen molar-refractivity contribution < 1.29 is 63.0 Å². The molecule has 0 unspecified atom stereocenters. The summed E-state index contributed by atoms with van der Waals surface area (Å²) >= 11 is 0. The predicted octanol–water partition coefficient (Wildman–Crippen LogP) is 5.58. The van der Waals surface area contributed by atoms with Crippen molar-refractivity contribution in [2.75, 3.05) is 27.9 Å². The second-order valence-corrected chi connectivity index (χ2v) is 19.7. The maximum absolute atomic E-state index is 14.5. The van der Waals surface area contributed by atoms with E-state index in [4.69, 9.17) is 23.7 Å². The largest absolute Gasteiger partial charge is 0.456 e. The molecular weight excluding hydrogens is 875 g/mol. The van der Waals surface area contributed by atoms with E-state index in [-0.39, 0.29) is 69.7 Å². The number of methoxy groups -OCH3 is 3. The van der Waals surface area contributed by atoms with Crippen LogP contribution in [0.15, 0.2) is 47.7 Å². The first-order valence-corrected chi connectivity index (χ1v) is 24.4. The number of fused-ring (bicyclic) bond motifs is 3. The van der Waals surface area contributed by atoms with E-state index in [1.54, 1.807) is 40.1 Å². The first-order chi connectivity index (χ1) is 31.9. The third kappa shape index (κ3) is 14.6. The van der Waals surface area contributed by atoms with Gasteiger partial charge in [0, 0.05) is 64.7 Å². The van der Waals surface area contributed by atoms with Gasteiger partial charge in [-0.05, 0) is 114 Å². The van der Waals surface area contributed by atoms with Crippen LogP contribution in [0.1, 0.15) is 131 Å². The lowest BCUT2D eigenvalue weighted by Gasteiger charge is -2.47. The van der Waals surface area contributed by atoms with E-state index >= 15 is 0 Å². The van der Waals surface area contributed by atoms with Crippen LogP contribution in [0.2, 0.25) is 0 Å². The molecule has 2 amide bonds. The molecule has 4 aliphatic rings. The topological polar surface area (TPSA) is 220 Å². The van der Waals surface area contributed by atoms with Gasteiger partial charge in [-0.25, -0.2) is 4.79 Å². The molecule has 0 radical (unpaired) electrons. The SMILES string of the molecule is C.CO[C@H]1C[C@@H](C)C/C(C)=C/[C@@H](CCCC(=O)NCc2ccccn2)C(=O)C[C@H](O)[C@@H](C)[C@@H](/C(C)=C/[C@@H]2CC[C@@H](O)[C@H](OC)C2)OC(=O)[C@@H]2CCCCN2C(=O)C(=O)[C@]2(O)O[C@H]1[C@@H](OC)C[C@H]2C. The molecule has 2 bridgehead atoms. The number of amides is 2. The Bertz CT molecular complexity index is 1890. The number of rotatable bonds is 11. The number of ether oxygens (including phenoxy) is 5. The molecule has 5 rings (SSSR count). The molecule has 4 heterocycles. The zero-order chi connectivity index (χ0) is 49.0. The summed E-state index contributed by atoms with van der Waals surface area (Å²) in [5.41, 5.74) is 2.25. The molecule has 1 aromatic rings. The summed E-state index contributed by atoms with van der Waals surface area (Å²) in [4.78, 5) is 76.0. The number of ketones is 2. The van der Waals surface area contributed by atoms with Crippen molar-refractivity contribution in [3.8, 4) is 0 Å². The Kier molecular flexibility index (Phi) is 22.0. The van der Waals surface area contributed by atoms with E-state index in [2.05, 4.69) is 10.3 Å². The van der Waals surface area contributed by atoms with Gasteiger partial charge in [-0.2, -0.15) is 0 Å². The monoisotopic (exact) mass is 956 g/mol. The summed E-state index contributed by atoms with van der Waals surface area (Å²) in [6.45, 7) is 9.44. The van der Waals surface area contributed by atoms with Crippen molar-refractivity contribution in [1.82, 2.24) is 15.2 Å². The van der Waals surface area contributed by atoms with Crippen LogP contribution in [-0.4, -0.2) is 137 Å². The number of carbonyl (C=O) groups is 5. The second kappa shape index (κ2) is 26.3. The number of aliphatic hydroxyl groups excluding tert-OH is 2. The molecule has 16 heteroatoms. The van der Waals surface area contributed by atoms with Gasteiger partial charge in [0.2, 0.25) is 11.7 Å². The lowest BCUT2D eigenvalue weighted by molar-refractivity contribution is -0.302. The number of aromatic nitrogens is 1. The fraction of sp³-hybridized carbons (Fsp3) is 0.731. The number of allylic oxidation sites excluding steroid dienone is 3. The van der Waals surface area contributed by atoms with Gasteiger partial charge in [0.1, 0.15) is 24.0 Å². The molecule has 3 fully saturated rings. The number of piperidine rings is 1. The van der Waals surface area contributed by atoms with E-state index < -0.39 is 90.0 Å². The molecule has 0 aromatic carbocycles. The molecule has 14 atom stereocenters. The van der Waals surface area contributed by atoms with Crippen LogP contribution in [-0.2, 0) is 54.2 Å². The van der Waals surface area contributed by atoms with E-state index in [1.165, 1.54) is 19.1 Å². The highest BCUT2D eigenvalue weighted by molar-refractivity contribution is 6.39. The third-order valence-corrected chi connectivity index (χ3v) is 14.6. The molecule has 0 spiro atoms. The Morgan fingerprint density at radius 3 is 2.32 bits per heavy atom. The fourth-order valence-electron chi connectivity index (χ4n) is 10.6. The summed E-state index contributed by atoms with van der Waals surface area (Å²) in [6, 6.07) is 4.30. The first kappa shape index (κ1) is 56.7. The van der Waals surface area contributed by atoms with Crippen LogP contribution >= 0.6 is 0 Å².